The molecule has 0 aromatic heterocycles. The van der Waals surface area contributed by atoms with Crippen molar-refractivity contribution >= 4 is 0 Å². The normalized spacial score (nSPS) is 31.9. The van der Waals surface area contributed by atoms with E-state index in [-0.39, 0.29) is 23.7 Å². The number of ether oxygens (including phenoxy) is 3. The van der Waals surface area contributed by atoms with Gasteiger partial charge in [0.05, 0.1) is 31.0 Å². The van der Waals surface area contributed by atoms with Crippen LogP contribution in [0.3, 0.4) is 0 Å². The first-order chi connectivity index (χ1) is 11.2. The van der Waals surface area contributed by atoms with E-state index in [0.29, 0.717) is 6.61 Å². The van der Waals surface area contributed by atoms with Crippen LogP contribution in [0.4, 0.5) is 0 Å². The van der Waals surface area contributed by atoms with Crippen molar-refractivity contribution in [3.8, 4) is 0 Å². The second-order valence-electron chi connectivity index (χ2n) is 6.99. The Morgan fingerprint density at radius 3 is 2.78 bits per heavy atom. The van der Waals surface area contributed by atoms with Gasteiger partial charge in [0.25, 0.3) is 0 Å². The Bertz CT molecular complexity index is 398. The topological polar surface area (TPSA) is 31.0 Å². The van der Waals surface area contributed by atoms with Crippen molar-refractivity contribution in [2.24, 2.45) is 5.92 Å². The van der Waals surface area contributed by atoms with Crippen LogP contribution in [0.2, 0.25) is 0 Å². The first kappa shape index (κ1) is 18.7. The van der Waals surface area contributed by atoms with Crippen LogP contribution in [0.15, 0.2) is 24.3 Å². The first-order valence-electron chi connectivity index (χ1n) is 9.27. The molecule has 3 nitrogen and oxygen atoms in total. The highest BCUT2D eigenvalue weighted by atomic mass is 16.6. The van der Waals surface area contributed by atoms with E-state index >= 15 is 0 Å². The summed E-state index contributed by atoms with van der Waals surface area (Å²) in [6.45, 7) is 10.2. The Balaban J connectivity index is 1.83. The van der Waals surface area contributed by atoms with Crippen LogP contribution in [0, 0.1) is 5.92 Å². The Hall–Kier alpha value is -0.640. The third-order valence-electron chi connectivity index (χ3n) is 5.34. The molecule has 1 aliphatic carbocycles. The largest absolute Gasteiger partial charge is 0.377 e. The molecule has 1 spiro atoms. The van der Waals surface area contributed by atoms with Crippen molar-refractivity contribution in [2.75, 3.05) is 20.3 Å². The molecule has 0 amide bonds. The molecule has 4 atom stereocenters. The summed E-state index contributed by atoms with van der Waals surface area (Å²) in [7, 11) is 1.78. The molecule has 0 N–H and O–H groups in total. The minimum absolute atomic E-state index is 0.00285. The molecule has 2 fully saturated rings. The van der Waals surface area contributed by atoms with Crippen LogP contribution < -0.4 is 0 Å². The number of unbranched alkanes of at least 4 members (excludes halogenated alkanes) is 2. The monoisotopic (exact) mass is 322 g/mol. The van der Waals surface area contributed by atoms with Gasteiger partial charge < -0.3 is 14.2 Å². The SMILES string of the molecule is C=C1CC[C@]2(CO2)[C@@H](CO[C@@H](CC)C/C=C/CCCC)[C@@H]1OC. The van der Waals surface area contributed by atoms with Gasteiger partial charge in [-0.1, -0.05) is 45.4 Å². The lowest BCUT2D eigenvalue weighted by Crippen LogP contribution is -2.44. The van der Waals surface area contributed by atoms with E-state index in [2.05, 4.69) is 32.6 Å². The molecule has 2 rings (SSSR count). The summed E-state index contributed by atoms with van der Waals surface area (Å²) in [6, 6.07) is 0. The van der Waals surface area contributed by atoms with Crippen molar-refractivity contribution in [2.45, 2.75) is 76.6 Å². The molecule has 0 unspecified atom stereocenters. The van der Waals surface area contributed by atoms with Gasteiger partial charge >= 0.3 is 0 Å². The van der Waals surface area contributed by atoms with Crippen LogP contribution in [0.1, 0.15) is 58.8 Å². The van der Waals surface area contributed by atoms with Crippen LogP contribution in [-0.4, -0.2) is 38.1 Å². The lowest BCUT2D eigenvalue weighted by Gasteiger charge is -2.37. The summed E-state index contributed by atoms with van der Waals surface area (Å²) in [5.74, 6) is 0.284. The Morgan fingerprint density at radius 2 is 2.17 bits per heavy atom. The summed E-state index contributed by atoms with van der Waals surface area (Å²) in [5.41, 5.74) is 1.19. The number of rotatable bonds is 10. The van der Waals surface area contributed by atoms with Gasteiger partial charge in [0, 0.05) is 13.0 Å². The maximum absolute atomic E-state index is 6.24. The second kappa shape index (κ2) is 9.00. The van der Waals surface area contributed by atoms with Gasteiger partial charge in [-0.05, 0) is 37.7 Å². The van der Waals surface area contributed by atoms with Gasteiger partial charge in [-0.25, -0.2) is 0 Å². The molecule has 23 heavy (non-hydrogen) atoms. The minimum atomic E-state index is -0.00285. The van der Waals surface area contributed by atoms with Crippen molar-refractivity contribution in [1.82, 2.24) is 0 Å². The molecular formula is C20H34O3. The zero-order valence-electron chi connectivity index (χ0n) is 15.2. The third-order valence-corrected chi connectivity index (χ3v) is 5.34. The fourth-order valence-electron chi connectivity index (χ4n) is 3.56. The van der Waals surface area contributed by atoms with Crippen molar-refractivity contribution in [3.63, 3.8) is 0 Å². The quantitative estimate of drug-likeness (QED) is 0.333. The lowest BCUT2D eigenvalue weighted by molar-refractivity contribution is -0.0535. The third kappa shape index (κ3) is 4.91. The van der Waals surface area contributed by atoms with Gasteiger partial charge in [-0.2, -0.15) is 0 Å². The minimum Gasteiger partial charge on any atom is -0.377 e. The summed E-state index contributed by atoms with van der Waals surface area (Å²) in [5, 5.41) is 0. The van der Waals surface area contributed by atoms with E-state index in [4.69, 9.17) is 14.2 Å². The molecule has 1 aliphatic heterocycles. The van der Waals surface area contributed by atoms with Gasteiger partial charge in [-0.15, -0.1) is 0 Å². The lowest BCUT2D eigenvalue weighted by atomic mass is 9.75. The number of epoxide rings is 1. The molecule has 3 heteroatoms. The smallest absolute Gasteiger partial charge is 0.0997 e. The summed E-state index contributed by atoms with van der Waals surface area (Å²) in [6.07, 6.45) is 12.7. The zero-order valence-corrected chi connectivity index (χ0v) is 15.2. The van der Waals surface area contributed by atoms with Crippen molar-refractivity contribution < 1.29 is 14.2 Å². The van der Waals surface area contributed by atoms with Crippen molar-refractivity contribution in [1.29, 1.82) is 0 Å². The standard InChI is InChI=1S/C20H34O3/c1-5-7-8-9-10-11-17(6-2)22-14-18-19(21-4)16(3)12-13-20(18)15-23-20/h9-10,17-19H,3,5-8,11-15H2,1-2,4H3/b10-9+/t17-,18-,19+,20-/m0/s1. The molecule has 0 radical (unpaired) electrons. The molecule has 1 heterocycles. The van der Waals surface area contributed by atoms with E-state index in [9.17, 15) is 0 Å². The number of hydrogen-bond acceptors (Lipinski definition) is 3. The Labute approximate surface area is 142 Å². The van der Waals surface area contributed by atoms with E-state index in [1.807, 2.05) is 0 Å². The second-order valence-corrected chi connectivity index (χ2v) is 6.99. The predicted molar refractivity (Wildman–Crippen MR) is 94.7 cm³/mol. The molecule has 0 aromatic rings. The van der Waals surface area contributed by atoms with E-state index in [1.165, 1.54) is 24.8 Å². The fourth-order valence-corrected chi connectivity index (χ4v) is 3.56. The summed E-state index contributed by atoms with van der Waals surface area (Å²) >= 11 is 0. The van der Waals surface area contributed by atoms with Crippen LogP contribution >= 0.6 is 0 Å². The predicted octanol–water partition coefficient (Wildman–Crippen LogP) is 4.67. The highest BCUT2D eigenvalue weighted by Crippen LogP contribution is 2.48. The molecule has 0 aromatic carbocycles. The maximum atomic E-state index is 6.24. The van der Waals surface area contributed by atoms with E-state index in [0.717, 1.165) is 32.3 Å². The number of methoxy groups -OCH3 is 1. The number of allylic oxidation sites excluding steroid dienone is 1. The maximum Gasteiger partial charge on any atom is 0.0997 e. The van der Waals surface area contributed by atoms with Gasteiger partial charge in [0.15, 0.2) is 0 Å². The molecule has 1 saturated carbocycles. The van der Waals surface area contributed by atoms with Gasteiger partial charge in [0.2, 0.25) is 0 Å². The highest BCUT2D eigenvalue weighted by Gasteiger charge is 2.57. The summed E-state index contributed by atoms with van der Waals surface area (Å²) < 4.78 is 17.8. The van der Waals surface area contributed by atoms with Crippen LogP contribution in [0.25, 0.3) is 0 Å². The number of hydrogen-bond donors (Lipinski definition) is 0. The molecule has 0 bridgehead atoms. The molecule has 132 valence electrons. The first-order valence-corrected chi connectivity index (χ1v) is 9.27. The highest BCUT2D eigenvalue weighted by molar-refractivity contribution is 5.18. The average molecular weight is 322 g/mol. The summed E-state index contributed by atoms with van der Waals surface area (Å²) in [4.78, 5) is 0. The van der Waals surface area contributed by atoms with Gasteiger partial charge in [-0.3, -0.25) is 0 Å². The molecule has 2 aliphatic rings. The Morgan fingerprint density at radius 1 is 1.39 bits per heavy atom. The van der Waals surface area contributed by atoms with Crippen LogP contribution in [0.5, 0.6) is 0 Å². The van der Waals surface area contributed by atoms with E-state index < -0.39 is 0 Å². The average Bonchev–Trinajstić information content (AvgIpc) is 3.34. The molecule has 1 saturated heterocycles. The Kier molecular flexibility index (Phi) is 7.32. The van der Waals surface area contributed by atoms with Gasteiger partial charge in [0.1, 0.15) is 0 Å². The van der Waals surface area contributed by atoms with E-state index in [1.54, 1.807) is 7.11 Å². The zero-order chi connectivity index (χ0) is 16.7. The van der Waals surface area contributed by atoms with Crippen molar-refractivity contribution in [3.05, 3.63) is 24.3 Å². The van der Waals surface area contributed by atoms with Crippen LogP contribution in [-0.2, 0) is 14.2 Å². The fraction of sp³-hybridized carbons (Fsp3) is 0.800. The molecular weight excluding hydrogens is 288 g/mol.